The van der Waals surface area contributed by atoms with E-state index in [1.807, 2.05) is 24.3 Å². The Hall–Kier alpha value is -1.40. The van der Waals surface area contributed by atoms with Crippen LogP contribution < -0.4 is 4.72 Å². The highest BCUT2D eigenvalue weighted by molar-refractivity contribution is 7.90. The molecule has 5 nitrogen and oxygen atoms in total. The van der Waals surface area contributed by atoms with Crippen LogP contribution in [0.4, 0.5) is 0 Å². The predicted octanol–water partition coefficient (Wildman–Crippen LogP) is 0.158. The van der Waals surface area contributed by atoms with Crippen molar-refractivity contribution in [1.29, 1.82) is 0 Å². The maximum atomic E-state index is 11.5. The fourth-order valence-electron chi connectivity index (χ4n) is 2.10. The Bertz CT molecular complexity index is 513. The Morgan fingerprint density at radius 2 is 1.82 bits per heavy atom. The first kappa shape index (κ1) is 12.1. The van der Waals surface area contributed by atoms with Crippen molar-refractivity contribution in [2.24, 2.45) is 0 Å². The number of carboxylic acids is 1. The molecule has 0 saturated carbocycles. The van der Waals surface area contributed by atoms with Crippen LogP contribution in [0.5, 0.6) is 0 Å². The Morgan fingerprint density at radius 1 is 1.29 bits per heavy atom. The standard InChI is InChI=1S/C11H13NO4S/c13-11(14)7-17(15,16)12-10-5-8-3-1-2-4-9(8)6-10/h1-4,10,12H,5-7H2,(H,13,14). The fourth-order valence-corrected chi connectivity index (χ4v) is 3.18. The molecule has 0 heterocycles. The van der Waals surface area contributed by atoms with E-state index in [4.69, 9.17) is 5.11 Å². The second kappa shape index (κ2) is 4.46. The van der Waals surface area contributed by atoms with Gasteiger partial charge in [-0.2, -0.15) is 0 Å². The number of hydrogen-bond acceptors (Lipinski definition) is 3. The molecule has 92 valence electrons. The van der Waals surface area contributed by atoms with Gasteiger partial charge in [0, 0.05) is 6.04 Å². The summed E-state index contributed by atoms with van der Waals surface area (Å²) in [4.78, 5) is 10.4. The van der Waals surface area contributed by atoms with E-state index in [2.05, 4.69) is 4.72 Å². The minimum Gasteiger partial charge on any atom is -0.480 e. The van der Waals surface area contributed by atoms with Crippen molar-refractivity contribution in [3.63, 3.8) is 0 Å². The highest BCUT2D eigenvalue weighted by Gasteiger charge is 2.26. The highest BCUT2D eigenvalue weighted by Crippen LogP contribution is 2.21. The van der Waals surface area contributed by atoms with Gasteiger partial charge in [0.25, 0.3) is 0 Å². The van der Waals surface area contributed by atoms with Gasteiger partial charge in [0.1, 0.15) is 0 Å². The molecule has 17 heavy (non-hydrogen) atoms. The molecule has 0 fully saturated rings. The van der Waals surface area contributed by atoms with E-state index in [-0.39, 0.29) is 6.04 Å². The van der Waals surface area contributed by atoms with Gasteiger partial charge in [0.05, 0.1) is 0 Å². The summed E-state index contributed by atoms with van der Waals surface area (Å²) in [6.07, 6.45) is 1.24. The monoisotopic (exact) mass is 255 g/mol. The van der Waals surface area contributed by atoms with E-state index in [0.29, 0.717) is 12.8 Å². The molecule has 0 bridgehead atoms. The van der Waals surface area contributed by atoms with Crippen molar-refractivity contribution < 1.29 is 18.3 Å². The molecule has 0 amide bonds. The van der Waals surface area contributed by atoms with Gasteiger partial charge >= 0.3 is 5.97 Å². The van der Waals surface area contributed by atoms with Crippen molar-refractivity contribution in [2.45, 2.75) is 18.9 Å². The van der Waals surface area contributed by atoms with Gasteiger partial charge in [-0.25, -0.2) is 13.1 Å². The first-order valence-electron chi connectivity index (χ1n) is 5.25. The molecule has 0 aromatic heterocycles. The van der Waals surface area contributed by atoms with Crippen LogP contribution in [0.2, 0.25) is 0 Å². The molecule has 0 radical (unpaired) electrons. The molecular weight excluding hydrogens is 242 g/mol. The largest absolute Gasteiger partial charge is 0.480 e. The number of nitrogens with one attached hydrogen (secondary N) is 1. The Balaban J connectivity index is 2.03. The zero-order valence-corrected chi connectivity index (χ0v) is 9.90. The van der Waals surface area contributed by atoms with Gasteiger partial charge in [-0.05, 0) is 24.0 Å². The lowest BCUT2D eigenvalue weighted by Crippen LogP contribution is -2.38. The average Bonchev–Trinajstić information content (AvgIpc) is 2.55. The third-order valence-corrected chi connectivity index (χ3v) is 4.03. The second-order valence-corrected chi connectivity index (χ2v) is 5.90. The summed E-state index contributed by atoms with van der Waals surface area (Å²) in [5.41, 5.74) is 2.24. The first-order valence-corrected chi connectivity index (χ1v) is 6.90. The van der Waals surface area contributed by atoms with Crippen LogP contribution in [0.25, 0.3) is 0 Å². The van der Waals surface area contributed by atoms with Crippen LogP contribution >= 0.6 is 0 Å². The molecule has 0 spiro atoms. The summed E-state index contributed by atoms with van der Waals surface area (Å²) < 4.78 is 25.3. The summed E-state index contributed by atoms with van der Waals surface area (Å²) in [5.74, 6) is -2.21. The Morgan fingerprint density at radius 3 is 2.29 bits per heavy atom. The molecule has 0 atom stereocenters. The maximum absolute atomic E-state index is 11.5. The van der Waals surface area contributed by atoms with Crippen molar-refractivity contribution in [3.05, 3.63) is 35.4 Å². The van der Waals surface area contributed by atoms with Crippen LogP contribution in [0.1, 0.15) is 11.1 Å². The summed E-state index contributed by atoms with van der Waals surface area (Å²) in [6.45, 7) is 0. The van der Waals surface area contributed by atoms with E-state index in [1.165, 1.54) is 0 Å². The van der Waals surface area contributed by atoms with Gasteiger partial charge < -0.3 is 5.11 Å². The summed E-state index contributed by atoms with van der Waals surface area (Å²) >= 11 is 0. The average molecular weight is 255 g/mol. The lowest BCUT2D eigenvalue weighted by molar-refractivity contribution is -0.134. The van der Waals surface area contributed by atoms with Crippen LogP contribution in [-0.4, -0.2) is 31.3 Å². The van der Waals surface area contributed by atoms with Gasteiger partial charge in [-0.1, -0.05) is 24.3 Å². The number of carboxylic acid groups (broad SMARTS) is 1. The van der Waals surface area contributed by atoms with Gasteiger partial charge in [0.2, 0.25) is 10.0 Å². The number of hydrogen-bond donors (Lipinski definition) is 2. The van der Waals surface area contributed by atoms with Crippen molar-refractivity contribution in [1.82, 2.24) is 4.72 Å². The van der Waals surface area contributed by atoms with Crippen molar-refractivity contribution >= 4 is 16.0 Å². The zero-order valence-electron chi connectivity index (χ0n) is 9.09. The van der Waals surface area contributed by atoms with Gasteiger partial charge in [-0.3, -0.25) is 4.79 Å². The molecule has 2 rings (SSSR count). The van der Waals surface area contributed by atoms with E-state index >= 15 is 0 Å². The predicted molar refractivity (Wildman–Crippen MR) is 62.2 cm³/mol. The normalized spacial score (nSPS) is 15.8. The van der Waals surface area contributed by atoms with E-state index in [1.54, 1.807) is 0 Å². The van der Waals surface area contributed by atoms with E-state index in [9.17, 15) is 13.2 Å². The van der Waals surface area contributed by atoms with Gasteiger partial charge in [0.15, 0.2) is 5.75 Å². The van der Waals surface area contributed by atoms with Crippen LogP contribution in [0, 0.1) is 0 Å². The molecule has 6 heteroatoms. The molecule has 0 saturated heterocycles. The number of carbonyl (C=O) groups is 1. The maximum Gasteiger partial charge on any atom is 0.320 e. The third-order valence-electron chi connectivity index (χ3n) is 2.71. The number of aliphatic carboxylic acids is 1. The number of sulfonamides is 1. The topological polar surface area (TPSA) is 83.5 Å². The molecular formula is C11H13NO4S. The number of fused-ring (bicyclic) bond motifs is 1. The van der Waals surface area contributed by atoms with Crippen LogP contribution in [0.3, 0.4) is 0 Å². The minimum atomic E-state index is -3.73. The SMILES string of the molecule is O=C(O)CS(=O)(=O)NC1Cc2ccccc2C1. The molecule has 0 unspecified atom stereocenters. The molecule has 1 aromatic rings. The number of rotatable bonds is 4. The van der Waals surface area contributed by atoms with Crippen LogP contribution in [0.15, 0.2) is 24.3 Å². The van der Waals surface area contributed by atoms with Crippen molar-refractivity contribution in [3.8, 4) is 0 Å². The quantitative estimate of drug-likeness (QED) is 0.802. The third kappa shape index (κ3) is 3.04. The van der Waals surface area contributed by atoms with E-state index < -0.39 is 21.7 Å². The van der Waals surface area contributed by atoms with Crippen molar-refractivity contribution in [2.75, 3.05) is 5.75 Å². The molecule has 2 N–H and O–H groups in total. The molecule has 1 aliphatic carbocycles. The van der Waals surface area contributed by atoms with E-state index in [0.717, 1.165) is 11.1 Å². The Kier molecular flexibility index (Phi) is 3.17. The van der Waals surface area contributed by atoms with Gasteiger partial charge in [-0.15, -0.1) is 0 Å². The molecule has 1 aliphatic rings. The summed E-state index contributed by atoms with van der Waals surface area (Å²) in [6, 6.07) is 7.51. The lowest BCUT2D eigenvalue weighted by atomic mass is 10.1. The first-order chi connectivity index (χ1) is 7.96. The number of benzene rings is 1. The highest BCUT2D eigenvalue weighted by atomic mass is 32.2. The second-order valence-electron chi connectivity index (χ2n) is 4.14. The minimum absolute atomic E-state index is 0.225. The lowest BCUT2D eigenvalue weighted by Gasteiger charge is -2.10. The molecule has 1 aromatic carbocycles. The Labute approximate surface area is 99.5 Å². The zero-order chi connectivity index (χ0) is 12.5. The van der Waals surface area contributed by atoms with Crippen LogP contribution in [-0.2, 0) is 27.7 Å². The smallest absolute Gasteiger partial charge is 0.320 e. The summed E-state index contributed by atoms with van der Waals surface area (Å²) in [7, 11) is -3.73. The molecule has 0 aliphatic heterocycles. The summed E-state index contributed by atoms with van der Waals surface area (Å²) in [5, 5.41) is 8.48. The fraction of sp³-hybridized carbons (Fsp3) is 0.364.